The summed E-state index contributed by atoms with van der Waals surface area (Å²) in [5.74, 6) is 1.05. The number of nitro groups is 1. The zero-order chi connectivity index (χ0) is 15.4. The summed E-state index contributed by atoms with van der Waals surface area (Å²) in [6.07, 6.45) is 0. The van der Waals surface area contributed by atoms with Gasteiger partial charge in [-0.05, 0) is 24.3 Å². The molecule has 110 valence electrons. The molecule has 0 atom stereocenters. The van der Waals surface area contributed by atoms with Crippen molar-refractivity contribution in [3.05, 3.63) is 57.6 Å². The summed E-state index contributed by atoms with van der Waals surface area (Å²) in [6, 6.07) is 11.8. The Bertz CT molecular complexity index is 661. The number of hydrogen-bond acceptors (Lipinski definition) is 4. The molecule has 0 N–H and O–H groups in total. The SMILES string of the molecule is CC(C)Sc1cccc(Oc2ccc([N+](=O)[O-])cc2Cl)c1. The average molecular weight is 324 g/mol. The van der Waals surface area contributed by atoms with Gasteiger partial charge in [0.05, 0.1) is 9.95 Å². The van der Waals surface area contributed by atoms with Crippen LogP contribution in [0.1, 0.15) is 13.8 Å². The lowest BCUT2D eigenvalue weighted by Crippen LogP contribution is -1.91. The van der Waals surface area contributed by atoms with Crippen LogP contribution < -0.4 is 4.74 Å². The minimum atomic E-state index is -0.491. The van der Waals surface area contributed by atoms with Crippen molar-refractivity contribution in [2.24, 2.45) is 0 Å². The van der Waals surface area contributed by atoms with E-state index < -0.39 is 4.92 Å². The fourth-order valence-corrected chi connectivity index (χ4v) is 2.80. The zero-order valence-electron chi connectivity index (χ0n) is 11.6. The van der Waals surface area contributed by atoms with Gasteiger partial charge in [0.1, 0.15) is 11.5 Å². The van der Waals surface area contributed by atoms with Crippen LogP contribution in [0.15, 0.2) is 47.4 Å². The van der Waals surface area contributed by atoms with Crippen LogP contribution in [0.25, 0.3) is 0 Å². The van der Waals surface area contributed by atoms with E-state index in [0.717, 1.165) is 4.90 Å². The lowest BCUT2D eigenvalue weighted by Gasteiger charge is -2.10. The fraction of sp³-hybridized carbons (Fsp3) is 0.200. The minimum Gasteiger partial charge on any atom is -0.456 e. The predicted octanol–water partition coefficient (Wildman–Crippen LogP) is 5.54. The second kappa shape index (κ2) is 6.83. The molecule has 0 aliphatic heterocycles. The van der Waals surface area contributed by atoms with Crippen molar-refractivity contribution in [1.82, 2.24) is 0 Å². The van der Waals surface area contributed by atoms with Gasteiger partial charge in [-0.15, -0.1) is 11.8 Å². The van der Waals surface area contributed by atoms with E-state index in [9.17, 15) is 10.1 Å². The first-order chi connectivity index (χ1) is 9.95. The summed E-state index contributed by atoms with van der Waals surface area (Å²) in [6.45, 7) is 4.23. The first kappa shape index (κ1) is 15.7. The van der Waals surface area contributed by atoms with Crippen molar-refractivity contribution in [1.29, 1.82) is 0 Å². The highest BCUT2D eigenvalue weighted by molar-refractivity contribution is 7.99. The van der Waals surface area contributed by atoms with Gasteiger partial charge in [0.25, 0.3) is 5.69 Å². The molecule has 0 spiro atoms. The van der Waals surface area contributed by atoms with Gasteiger partial charge >= 0.3 is 0 Å². The van der Waals surface area contributed by atoms with Gasteiger partial charge in [0.2, 0.25) is 0 Å². The molecule has 0 bridgehead atoms. The molecule has 0 saturated carbocycles. The third-order valence-electron chi connectivity index (χ3n) is 2.53. The summed E-state index contributed by atoms with van der Waals surface area (Å²) >= 11 is 7.74. The zero-order valence-corrected chi connectivity index (χ0v) is 13.1. The molecule has 0 unspecified atom stereocenters. The number of ether oxygens (including phenoxy) is 1. The molecule has 0 aromatic heterocycles. The van der Waals surface area contributed by atoms with Crippen molar-refractivity contribution in [3.8, 4) is 11.5 Å². The molecule has 6 heteroatoms. The maximum atomic E-state index is 10.7. The quantitative estimate of drug-likeness (QED) is 0.412. The fourth-order valence-electron chi connectivity index (χ4n) is 1.70. The molecule has 0 heterocycles. The van der Waals surface area contributed by atoms with Crippen molar-refractivity contribution >= 4 is 29.1 Å². The normalized spacial score (nSPS) is 10.7. The van der Waals surface area contributed by atoms with Gasteiger partial charge in [-0.1, -0.05) is 31.5 Å². The van der Waals surface area contributed by atoms with E-state index in [4.69, 9.17) is 16.3 Å². The Labute approximate surface area is 132 Å². The molecule has 21 heavy (non-hydrogen) atoms. The predicted molar refractivity (Wildman–Crippen MR) is 85.6 cm³/mol. The molecule has 4 nitrogen and oxygen atoms in total. The number of nitrogens with zero attached hydrogens (tertiary/aromatic N) is 1. The molecule has 0 radical (unpaired) electrons. The van der Waals surface area contributed by atoms with Crippen LogP contribution in [0, 0.1) is 10.1 Å². The van der Waals surface area contributed by atoms with Crippen LogP contribution in [0.5, 0.6) is 11.5 Å². The topological polar surface area (TPSA) is 52.4 Å². The Morgan fingerprint density at radius 3 is 2.62 bits per heavy atom. The molecule has 0 aliphatic rings. The largest absolute Gasteiger partial charge is 0.456 e. The van der Waals surface area contributed by atoms with E-state index in [1.54, 1.807) is 11.8 Å². The Morgan fingerprint density at radius 1 is 1.24 bits per heavy atom. The van der Waals surface area contributed by atoms with Gasteiger partial charge in [-0.25, -0.2) is 0 Å². The summed E-state index contributed by atoms with van der Waals surface area (Å²) in [4.78, 5) is 11.3. The number of nitro benzene ring substituents is 1. The molecule has 0 fully saturated rings. The van der Waals surface area contributed by atoms with E-state index in [0.29, 0.717) is 16.7 Å². The molecule has 2 rings (SSSR count). The van der Waals surface area contributed by atoms with Gasteiger partial charge in [0.15, 0.2) is 0 Å². The summed E-state index contributed by atoms with van der Waals surface area (Å²) in [5.41, 5.74) is -0.0588. The van der Waals surface area contributed by atoms with Gasteiger partial charge in [0, 0.05) is 22.3 Å². The highest BCUT2D eigenvalue weighted by Crippen LogP contribution is 2.34. The van der Waals surface area contributed by atoms with Crippen molar-refractivity contribution < 1.29 is 9.66 Å². The summed E-state index contributed by atoms with van der Waals surface area (Å²) in [7, 11) is 0. The molecule has 0 aliphatic carbocycles. The number of non-ortho nitro benzene ring substituents is 1. The van der Waals surface area contributed by atoms with E-state index in [2.05, 4.69) is 13.8 Å². The lowest BCUT2D eigenvalue weighted by molar-refractivity contribution is -0.384. The molecule has 0 saturated heterocycles. The number of hydrogen-bond donors (Lipinski definition) is 0. The molecule has 2 aromatic carbocycles. The highest BCUT2D eigenvalue weighted by Gasteiger charge is 2.11. The van der Waals surface area contributed by atoms with Crippen molar-refractivity contribution in [2.45, 2.75) is 24.0 Å². The second-order valence-electron chi connectivity index (χ2n) is 4.62. The van der Waals surface area contributed by atoms with Crippen LogP contribution >= 0.6 is 23.4 Å². The van der Waals surface area contributed by atoms with Crippen LogP contribution in [0.4, 0.5) is 5.69 Å². The van der Waals surface area contributed by atoms with E-state index >= 15 is 0 Å². The average Bonchev–Trinajstić information content (AvgIpc) is 2.40. The number of benzene rings is 2. The van der Waals surface area contributed by atoms with Crippen molar-refractivity contribution in [2.75, 3.05) is 0 Å². The van der Waals surface area contributed by atoms with E-state index in [1.807, 2.05) is 24.3 Å². The maximum Gasteiger partial charge on any atom is 0.271 e. The van der Waals surface area contributed by atoms with Gasteiger partial charge in [-0.3, -0.25) is 10.1 Å². The van der Waals surface area contributed by atoms with Crippen LogP contribution in [-0.4, -0.2) is 10.2 Å². The maximum absolute atomic E-state index is 10.7. The third-order valence-corrected chi connectivity index (χ3v) is 3.82. The Morgan fingerprint density at radius 2 is 2.00 bits per heavy atom. The standard InChI is InChI=1S/C15H14ClNO3S/c1-10(2)21-13-5-3-4-12(9-13)20-15-7-6-11(17(18)19)8-14(15)16/h3-10H,1-2H3. The van der Waals surface area contributed by atoms with E-state index in [-0.39, 0.29) is 10.7 Å². The number of rotatable bonds is 5. The molecule has 0 amide bonds. The third kappa shape index (κ3) is 4.37. The second-order valence-corrected chi connectivity index (χ2v) is 6.67. The summed E-state index contributed by atoms with van der Waals surface area (Å²) < 4.78 is 5.70. The first-order valence-corrected chi connectivity index (χ1v) is 7.60. The molecular weight excluding hydrogens is 310 g/mol. The number of thioether (sulfide) groups is 1. The smallest absolute Gasteiger partial charge is 0.271 e. The van der Waals surface area contributed by atoms with Crippen LogP contribution in [0.2, 0.25) is 5.02 Å². The minimum absolute atomic E-state index is 0.0588. The summed E-state index contributed by atoms with van der Waals surface area (Å²) in [5, 5.41) is 11.4. The highest BCUT2D eigenvalue weighted by atomic mass is 35.5. The van der Waals surface area contributed by atoms with Crippen molar-refractivity contribution in [3.63, 3.8) is 0 Å². The Hall–Kier alpha value is -1.72. The van der Waals surface area contributed by atoms with Crippen LogP contribution in [0.3, 0.4) is 0 Å². The monoisotopic (exact) mass is 323 g/mol. The first-order valence-electron chi connectivity index (χ1n) is 6.34. The Balaban J connectivity index is 2.20. The number of halogens is 1. The van der Waals surface area contributed by atoms with Gasteiger partial charge < -0.3 is 4.74 Å². The van der Waals surface area contributed by atoms with Crippen LogP contribution in [-0.2, 0) is 0 Å². The molecule has 2 aromatic rings. The molecular formula is C15H14ClNO3S. The van der Waals surface area contributed by atoms with E-state index in [1.165, 1.54) is 18.2 Å². The Kier molecular flexibility index (Phi) is 5.09. The lowest BCUT2D eigenvalue weighted by atomic mass is 10.3. The van der Waals surface area contributed by atoms with Gasteiger partial charge in [-0.2, -0.15) is 0 Å².